The zero-order valence-corrected chi connectivity index (χ0v) is 39.2. The molecule has 3 atom stereocenters. The van der Waals surface area contributed by atoms with Gasteiger partial charge in [-0.05, 0) is 105 Å². The first-order valence-corrected chi connectivity index (χ1v) is 24.5. The van der Waals surface area contributed by atoms with Gasteiger partial charge in [0.25, 0.3) is 0 Å². The van der Waals surface area contributed by atoms with Crippen LogP contribution >= 0.6 is 0 Å². The van der Waals surface area contributed by atoms with E-state index < -0.39 is 17.6 Å². The Labute approximate surface area is 399 Å². The first-order valence-electron chi connectivity index (χ1n) is 24.5. The minimum absolute atomic E-state index is 0.0251. The summed E-state index contributed by atoms with van der Waals surface area (Å²) in [6.45, 7) is 8.04. The van der Waals surface area contributed by atoms with Crippen molar-refractivity contribution in [1.82, 2.24) is 45.2 Å². The molecule has 16 heteroatoms. The topological polar surface area (TPSA) is 154 Å². The maximum absolute atomic E-state index is 17.1. The number of carbonyl (C=O) groups is 2. The number of likely N-dealkylation sites (N-methyl/N-ethyl adjacent to an activating group) is 1. The number of aryl methyl sites for hydroxylation is 1. The van der Waals surface area contributed by atoms with E-state index >= 15 is 8.78 Å². The Morgan fingerprint density at radius 3 is 2.54 bits per heavy atom. The van der Waals surface area contributed by atoms with Gasteiger partial charge in [0.1, 0.15) is 34.9 Å². The van der Waals surface area contributed by atoms with Crippen LogP contribution < -0.4 is 20.3 Å². The number of piperazine rings is 1. The number of rotatable bonds is 15. The smallest absolute Gasteiger partial charge is 0.319 e. The molecule has 2 bridgehead atoms. The maximum atomic E-state index is 17.1. The third-order valence-corrected chi connectivity index (χ3v) is 15.6. The van der Waals surface area contributed by atoms with Crippen LogP contribution in [0.15, 0.2) is 48.7 Å². The van der Waals surface area contributed by atoms with Crippen LogP contribution in [0.1, 0.15) is 80.0 Å². The lowest BCUT2D eigenvalue weighted by Gasteiger charge is -2.44. The number of nitrogens with zero attached hydrogens (tertiary/aromatic N) is 8. The number of hydrogen-bond donors (Lipinski definition) is 3. The van der Waals surface area contributed by atoms with Crippen molar-refractivity contribution in [3.05, 3.63) is 77.1 Å². The minimum Gasteiger partial charge on any atom is -0.508 e. The molecule has 3 N–H and O–H groups in total. The van der Waals surface area contributed by atoms with E-state index in [4.69, 9.17) is 26.2 Å². The van der Waals surface area contributed by atoms with Crippen molar-refractivity contribution in [3.8, 4) is 35.4 Å². The molecular formula is C53H58F2N10O4. The number of aromatic hydroxyl groups is 1. The Morgan fingerprint density at radius 1 is 1.03 bits per heavy atom. The number of nitrogens with one attached hydrogen (secondary N) is 2. The molecule has 1 saturated carbocycles. The molecule has 3 aromatic carbocycles. The lowest BCUT2D eigenvalue weighted by atomic mass is 9.87. The Bertz CT molecular complexity index is 3020. The number of fused-ring (bicyclic) bond motifs is 5. The largest absolute Gasteiger partial charge is 0.508 e. The molecule has 3 aromatic heterocycles. The van der Waals surface area contributed by atoms with Crippen LogP contribution in [0, 0.1) is 35.3 Å². The number of anilines is 1. The molecule has 4 aliphatic heterocycles. The Kier molecular flexibility index (Phi) is 11.9. The number of piperidine rings is 1. The summed E-state index contributed by atoms with van der Waals surface area (Å²) < 4.78 is 40.5. The third kappa shape index (κ3) is 8.63. The number of likely N-dealkylation sites (tertiary alicyclic amines) is 2. The highest BCUT2D eigenvalue weighted by molar-refractivity contribution is 6.03. The predicted octanol–water partition coefficient (Wildman–Crippen LogP) is 6.42. The van der Waals surface area contributed by atoms with Gasteiger partial charge in [-0.1, -0.05) is 24.1 Å². The molecule has 11 rings (SSSR count). The van der Waals surface area contributed by atoms with Gasteiger partial charge in [0.15, 0.2) is 5.82 Å². The molecule has 6 aromatic rings. The van der Waals surface area contributed by atoms with E-state index in [0.717, 1.165) is 101 Å². The van der Waals surface area contributed by atoms with Gasteiger partial charge >= 0.3 is 6.01 Å². The van der Waals surface area contributed by atoms with Crippen molar-refractivity contribution in [1.29, 1.82) is 0 Å². The molecule has 1 amide bonds. The molecule has 7 heterocycles. The van der Waals surface area contributed by atoms with Crippen LogP contribution in [0.5, 0.6) is 11.8 Å². The van der Waals surface area contributed by atoms with Gasteiger partial charge in [0.05, 0.1) is 34.7 Å². The van der Waals surface area contributed by atoms with Gasteiger partial charge in [-0.25, -0.2) is 8.78 Å². The van der Waals surface area contributed by atoms with Gasteiger partial charge < -0.3 is 40.0 Å². The number of ether oxygens (including phenoxy) is 1. The third-order valence-electron chi connectivity index (χ3n) is 15.6. The highest BCUT2D eigenvalue weighted by Gasteiger charge is 2.47. The molecule has 1 aliphatic carbocycles. The highest BCUT2D eigenvalue weighted by atomic mass is 19.1. The predicted molar refractivity (Wildman–Crippen MR) is 260 cm³/mol. The minimum atomic E-state index is -0.725. The van der Waals surface area contributed by atoms with Crippen molar-refractivity contribution in [2.75, 3.05) is 70.9 Å². The molecule has 0 spiro atoms. The number of carbonyl (C=O) groups excluding carboxylic acids is 2. The first-order chi connectivity index (χ1) is 33.5. The Hall–Kier alpha value is -6.28. The van der Waals surface area contributed by atoms with Crippen molar-refractivity contribution < 1.29 is 28.2 Å². The van der Waals surface area contributed by atoms with Crippen LogP contribution in [0.4, 0.5) is 14.6 Å². The average Bonchev–Trinajstić information content (AvgIpc) is 3.93. The average molecular weight is 937 g/mol. The monoisotopic (exact) mass is 936 g/mol. The number of phenols is 1. The second-order valence-electron chi connectivity index (χ2n) is 20.3. The molecular weight excluding hydrogens is 879 g/mol. The SMILES string of the molecule is C#Cc1c(F)ccc2cc(O)cc(-c3ncc4c(N5CC6CCC(C5)N6)nc(OCC5(CN6CC(CN7CCC(c8ccc9c(C(CCC=O)C(=O)NC)nn(C)c9c8)CC7)C6)CC5)nc4c3F)c12. The van der Waals surface area contributed by atoms with Crippen LogP contribution in [-0.2, 0) is 16.6 Å². The molecule has 4 saturated heterocycles. The number of terminal acetylenes is 1. The number of benzene rings is 3. The van der Waals surface area contributed by atoms with Gasteiger partial charge in [0, 0.05) is 99.8 Å². The molecule has 69 heavy (non-hydrogen) atoms. The number of halogens is 2. The number of aromatic nitrogens is 5. The molecule has 0 radical (unpaired) electrons. The standard InChI is InChI=1S/C53H58F2N10O4/c1-4-38-43(54)12-8-34-20-37(67)22-41(45(34)38)48-46(55)49-42(23-57-48)50(65-27-35-9-10-36(28-65)58-35)60-52(59-49)69-30-53(15-16-53)29-64-25-31(26-64)24-63-17-13-32(14-18-63)33-7-11-39-44(21-33)62(3)61-47(39)40(6-5-19-66)51(68)56-2/h1,7-8,11-12,19-23,31-32,35-36,40,58,67H,5-6,9-10,13-18,24-30H2,2-3H3,(H,56,68). The maximum Gasteiger partial charge on any atom is 0.319 e. The lowest BCUT2D eigenvalue weighted by molar-refractivity contribution is -0.122. The van der Waals surface area contributed by atoms with E-state index in [1.54, 1.807) is 13.2 Å². The van der Waals surface area contributed by atoms with E-state index in [1.165, 1.54) is 29.8 Å². The van der Waals surface area contributed by atoms with Crippen LogP contribution in [0.2, 0.25) is 0 Å². The summed E-state index contributed by atoms with van der Waals surface area (Å²) >= 11 is 0. The van der Waals surface area contributed by atoms with Crippen LogP contribution in [-0.4, -0.2) is 130 Å². The quantitative estimate of drug-likeness (QED) is 0.0770. The summed E-state index contributed by atoms with van der Waals surface area (Å²) in [6.07, 6.45) is 15.3. The Balaban J connectivity index is 0.741. The molecule has 358 valence electrons. The summed E-state index contributed by atoms with van der Waals surface area (Å²) in [6, 6.07) is 12.8. The number of amides is 1. The summed E-state index contributed by atoms with van der Waals surface area (Å²) in [5, 5.41) is 24.0. The molecule has 5 fully saturated rings. The number of hydrogen-bond acceptors (Lipinski definition) is 12. The van der Waals surface area contributed by atoms with E-state index in [-0.39, 0.29) is 50.8 Å². The fraction of sp³-hybridized carbons (Fsp3) is 0.472. The van der Waals surface area contributed by atoms with Gasteiger partial charge in [-0.3, -0.25) is 14.5 Å². The van der Waals surface area contributed by atoms with Gasteiger partial charge in [0.2, 0.25) is 5.91 Å². The Morgan fingerprint density at radius 2 is 1.81 bits per heavy atom. The highest BCUT2D eigenvalue weighted by Crippen LogP contribution is 2.48. The zero-order chi connectivity index (χ0) is 47.6. The van der Waals surface area contributed by atoms with Crippen molar-refractivity contribution in [2.45, 2.75) is 75.3 Å². The van der Waals surface area contributed by atoms with E-state index in [2.05, 4.69) is 54.4 Å². The second-order valence-corrected chi connectivity index (χ2v) is 20.3. The number of aldehydes is 1. The summed E-state index contributed by atoms with van der Waals surface area (Å²) in [5.41, 5.74) is 3.10. The lowest BCUT2D eigenvalue weighted by Crippen LogP contribution is -2.54. The normalized spacial score (nSPS) is 21.1. The number of pyridine rings is 1. The fourth-order valence-electron chi connectivity index (χ4n) is 11.8. The summed E-state index contributed by atoms with van der Waals surface area (Å²) in [4.78, 5) is 45.5. The van der Waals surface area contributed by atoms with Crippen molar-refractivity contribution in [2.24, 2.45) is 18.4 Å². The van der Waals surface area contributed by atoms with E-state index in [0.29, 0.717) is 73.0 Å². The molecule has 14 nitrogen and oxygen atoms in total. The summed E-state index contributed by atoms with van der Waals surface area (Å²) in [5.74, 6) is 1.98. The van der Waals surface area contributed by atoms with Gasteiger partial charge in [-0.2, -0.15) is 15.1 Å². The number of phenolic OH excluding ortho intramolecular Hbond substituents is 1. The summed E-state index contributed by atoms with van der Waals surface area (Å²) in [7, 11) is 3.54. The van der Waals surface area contributed by atoms with Gasteiger partial charge in [-0.15, -0.1) is 6.42 Å². The van der Waals surface area contributed by atoms with Crippen molar-refractivity contribution in [3.63, 3.8) is 0 Å². The van der Waals surface area contributed by atoms with Crippen LogP contribution in [0.3, 0.4) is 0 Å². The zero-order valence-electron chi connectivity index (χ0n) is 39.2. The van der Waals surface area contributed by atoms with Crippen molar-refractivity contribution >= 4 is 50.6 Å². The fourth-order valence-corrected chi connectivity index (χ4v) is 11.8. The first kappa shape index (κ1) is 45.2. The molecule has 3 unspecified atom stereocenters. The second kappa shape index (κ2) is 18.2. The van der Waals surface area contributed by atoms with E-state index in [9.17, 15) is 14.7 Å². The van der Waals surface area contributed by atoms with E-state index in [1.807, 2.05) is 11.7 Å². The molecule has 5 aliphatic rings. The van der Waals surface area contributed by atoms with Crippen LogP contribution in [0.25, 0.3) is 43.8 Å².